The second-order valence-electron chi connectivity index (χ2n) is 4.67. The molecule has 0 heterocycles. The highest BCUT2D eigenvalue weighted by Gasteiger charge is 2.10. The minimum atomic E-state index is -0.883. The number of esters is 1. The van der Waals surface area contributed by atoms with Crippen LogP contribution in [-0.4, -0.2) is 31.3 Å². The van der Waals surface area contributed by atoms with Gasteiger partial charge in [-0.1, -0.05) is 17.8 Å². The number of benzene rings is 2. The van der Waals surface area contributed by atoms with Gasteiger partial charge in [0.2, 0.25) is 0 Å². The number of methoxy groups -OCH3 is 2. The Balaban J connectivity index is 2.19. The second kappa shape index (κ2) is 7.69. The minimum Gasteiger partial charge on any atom is -0.496 e. The van der Waals surface area contributed by atoms with E-state index in [4.69, 9.17) is 9.84 Å². The van der Waals surface area contributed by atoms with E-state index in [2.05, 4.69) is 4.74 Å². The fraction of sp³-hybridized carbons (Fsp3) is 0.176. The van der Waals surface area contributed by atoms with E-state index in [1.165, 1.54) is 18.9 Å². The quantitative estimate of drug-likeness (QED) is 0.819. The van der Waals surface area contributed by atoms with Gasteiger partial charge >= 0.3 is 11.9 Å². The second-order valence-corrected chi connectivity index (χ2v) is 5.79. The molecule has 0 bridgehead atoms. The van der Waals surface area contributed by atoms with Gasteiger partial charge in [0.1, 0.15) is 5.75 Å². The third-order valence-electron chi connectivity index (χ3n) is 3.09. The first-order valence-corrected chi connectivity index (χ1v) is 7.60. The van der Waals surface area contributed by atoms with Crippen LogP contribution in [0.4, 0.5) is 0 Å². The molecular formula is C17H16O5S. The monoisotopic (exact) mass is 332 g/mol. The average Bonchev–Trinajstić information content (AvgIpc) is 2.55. The Labute approximate surface area is 138 Å². The molecule has 0 aliphatic carbocycles. The van der Waals surface area contributed by atoms with Gasteiger partial charge in [0.15, 0.2) is 0 Å². The Morgan fingerprint density at radius 2 is 1.78 bits per heavy atom. The number of carbonyl (C=O) groups excluding carboxylic acids is 1. The van der Waals surface area contributed by atoms with Gasteiger partial charge in [-0.25, -0.2) is 4.79 Å². The molecule has 0 saturated heterocycles. The molecule has 1 N–H and O–H groups in total. The Morgan fingerprint density at radius 3 is 2.35 bits per heavy atom. The highest BCUT2D eigenvalue weighted by Crippen LogP contribution is 2.35. The van der Waals surface area contributed by atoms with E-state index in [0.717, 1.165) is 9.79 Å². The predicted molar refractivity (Wildman–Crippen MR) is 86.2 cm³/mol. The standard InChI is InChI=1S/C17H16O5S/c1-21-14-9-11(10-16(18)19)3-8-15(14)23-13-6-4-12(5-7-13)17(20)22-2/h3-9H,10H2,1-2H3,(H,18,19). The smallest absolute Gasteiger partial charge is 0.337 e. The van der Waals surface area contributed by atoms with Crippen molar-refractivity contribution >= 4 is 23.7 Å². The molecule has 5 nitrogen and oxygen atoms in total. The van der Waals surface area contributed by atoms with Crippen LogP contribution in [0.5, 0.6) is 5.75 Å². The topological polar surface area (TPSA) is 72.8 Å². The molecule has 2 rings (SSSR count). The van der Waals surface area contributed by atoms with Crippen LogP contribution < -0.4 is 4.74 Å². The van der Waals surface area contributed by atoms with Crippen LogP contribution in [0.1, 0.15) is 15.9 Å². The highest BCUT2D eigenvalue weighted by molar-refractivity contribution is 7.99. The summed E-state index contributed by atoms with van der Waals surface area (Å²) in [5.41, 5.74) is 1.17. The molecule has 23 heavy (non-hydrogen) atoms. The molecule has 0 amide bonds. The molecule has 0 aromatic heterocycles. The molecule has 0 spiro atoms. The number of carboxylic acids is 1. The fourth-order valence-corrected chi connectivity index (χ4v) is 2.89. The fourth-order valence-electron chi connectivity index (χ4n) is 1.98. The van der Waals surface area contributed by atoms with E-state index in [1.54, 1.807) is 31.4 Å². The van der Waals surface area contributed by atoms with Crippen molar-refractivity contribution in [3.63, 3.8) is 0 Å². The minimum absolute atomic E-state index is 0.0465. The molecule has 120 valence electrons. The van der Waals surface area contributed by atoms with Crippen molar-refractivity contribution in [2.75, 3.05) is 14.2 Å². The molecule has 0 atom stereocenters. The summed E-state index contributed by atoms with van der Waals surface area (Å²) in [5, 5.41) is 8.84. The zero-order valence-electron chi connectivity index (χ0n) is 12.7. The molecule has 6 heteroatoms. The van der Waals surface area contributed by atoms with Gasteiger partial charge in [-0.15, -0.1) is 0 Å². The summed E-state index contributed by atoms with van der Waals surface area (Å²) in [6.45, 7) is 0. The Kier molecular flexibility index (Phi) is 5.65. The maximum atomic E-state index is 11.4. The molecule has 2 aromatic rings. The van der Waals surface area contributed by atoms with Crippen molar-refractivity contribution in [2.24, 2.45) is 0 Å². The number of carbonyl (C=O) groups is 2. The summed E-state index contributed by atoms with van der Waals surface area (Å²) in [7, 11) is 2.89. The molecule has 0 unspecified atom stereocenters. The van der Waals surface area contributed by atoms with Crippen LogP contribution in [0.25, 0.3) is 0 Å². The van der Waals surface area contributed by atoms with Crippen molar-refractivity contribution in [1.29, 1.82) is 0 Å². The third-order valence-corrected chi connectivity index (χ3v) is 4.15. The van der Waals surface area contributed by atoms with Crippen LogP contribution >= 0.6 is 11.8 Å². The predicted octanol–water partition coefficient (Wildman–Crippen LogP) is 3.26. The van der Waals surface area contributed by atoms with E-state index in [1.807, 2.05) is 18.2 Å². The van der Waals surface area contributed by atoms with Crippen LogP contribution in [0.3, 0.4) is 0 Å². The first-order chi connectivity index (χ1) is 11.0. The summed E-state index contributed by atoms with van der Waals surface area (Å²) >= 11 is 1.47. The molecule has 0 aliphatic rings. The molecule has 0 aliphatic heterocycles. The summed E-state index contributed by atoms with van der Waals surface area (Å²) in [5.74, 6) is -0.645. The number of carboxylic acid groups (broad SMARTS) is 1. The number of aliphatic carboxylic acids is 1. The molecule has 0 fully saturated rings. The van der Waals surface area contributed by atoms with Crippen molar-refractivity contribution in [2.45, 2.75) is 16.2 Å². The van der Waals surface area contributed by atoms with Crippen LogP contribution in [0.2, 0.25) is 0 Å². The van der Waals surface area contributed by atoms with E-state index in [-0.39, 0.29) is 12.4 Å². The lowest BCUT2D eigenvalue weighted by Gasteiger charge is -2.10. The maximum absolute atomic E-state index is 11.4. The summed E-state index contributed by atoms with van der Waals surface area (Å²) in [6.07, 6.45) is -0.0465. The summed E-state index contributed by atoms with van der Waals surface area (Å²) in [6, 6.07) is 12.3. The van der Waals surface area contributed by atoms with E-state index >= 15 is 0 Å². The number of ether oxygens (including phenoxy) is 2. The zero-order valence-corrected chi connectivity index (χ0v) is 13.6. The largest absolute Gasteiger partial charge is 0.496 e. The third kappa shape index (κ3) is 4.50. The average molecular weight is 332 g/mol. The van der Waals surface area contributed by atoms with E-state index in [9.17, 15) is 9.59 Å². The van der Waals surface area contributed by atoms with Gasteiger partial charge in [0.05, 0.1) is 31.1 Å². The van der Waals surface area contributed by atoms with Gasteiger partial charge in [0, 0.05) is 4.90 Å². The number of hydrogen-bond acceptors (Lipinski definition) is 5. The normalized spacial score (nSPS) is 10.2. The maximum Gasteiger partial charge on any atom is 0.337 e. The van der Waals surface area contributed by atoms with Gasteiger partial charge in [0.25, 0.3) is 0 Å². The summed E-state index contributed by atoms with van der Waals surface area (Å²) < 4.78 is 9.99. The lowest BCUT2D eigenvalue weighted by molar-refractivity contribution is -0.136. The first kappa shape index (κ1) is 16.9. The lowest BCUT2D eigenvalue weighted by atomic mass is 10.1. The van der Waals surface area contributed by atoms with E-state index < -0.39 is 5.97 Å². The molecule has 0 radical (unpaired) electrons. The first-order valence-electron chi connectivity index (χ1n) is 6.78. The Bertz CT molecular complexity index is 709. The van der Waals surface area contributed by atoms with Crippen molar-refractivity contribution in [3.05, 3.63) is 53.6 Å². The van der Waals surface area contributed by atoms with Gasteiger partial charge in [-0.3, -0.25) is 4.79 Å². The van der Waals surface area contributed by atoms with Crippen LogP contribution in [0.15, 0.2) is 52.3 Å². The summed E-state index contributed by atoms with van der Waals surface area (Å²) in [4.78, 5) is 24.0. The van der Waals surface area contributed by atoms with Crippen LogP contribution in [0, 0.1) is 0 Å². The van der Waals surface area contributed by atoms with Gasteiger partial charge < -0.3 is 14.6 Å². The SMILES string of the molecule is COC(=O)c1ccc(Sc2ccc(CC(=O)O)cc2OC)cc1. The van der Waals surface area contributed by atoms with Gasteiger partial charge in [-0.05, 0) is 42.0 Å². The molecule has 0 saturated carbocycles. The Morgan fingerprint density at radius 1 is 1.09 bits per heavy atom. The zero-order chi connectivity index (χ0) is 16.8. The van der Waals surface area contributed by atoms with Gasteiger partial charge in [-0.2, -0.15) is 0 Å². The van der Waals surface area contributed by atoms with E-state index in [0.29, 0.717) is 16.9 Å². The van der Waals surface area contributed by atoms with Crippen molar-refractivity contribution in [1.82, 2.24) is 0 Å². The van der Waals surface area contributed by atoms with Crippen molar-refractivity contribution in [3.8, 4) is 5.75 Å². The Hall–Kier alpha value is -2.47. The number of hydrogen-bond donors (Lipinski definition) is 1. The number of rotatable bonds is 6. The van der Waals surface area contributed by atoms with Crippen LogP contribution in [-0.2, 0) is 16.0 Å². The highest BCUT2D eigenvalue weighted by atomic mass is 32.2. The van der Waals surface area contributed by atoms with Crippen molar-refractivity contribution < 1.29 is 24.2 Å². The molecule has 2 aromatic carbocycles. The lowest BCUT2D eigenvalue weighted by Crippen LogP contribution is -2.00. The molecular weight excluding hydrogens is 316 g/mol.